The van der Waals surface area contributed by atoms with Crippen molar-refractivity contribution in [3.63, 3.8) is 0 Å². The minimum absolute atomic E-state index is 0.00499. The highest BCUT2D eigenvalue weighted by Crippen LogP contribution is 2.37. The van der Waals surface area contributed by atoms with Gasteiger partial charge >= 0.3 is 18.5 Å². The van der Waals surface area contributed by atoms with E-state index < -0.39 is 63.2 Å². The highest BCUT2D eigenvalue weighted by molar-refractivity contribution is 7.90. The van der Waals surface area contributed by atoms with Crippen LogP contribution in [0.25, 0.3) is 45.0 Å². The normalized spacial score (nSPS) is 11.3. The van der Waals surface area contributed by atoms with E-state index in [-0.39, 0.29) is 55.5 Å². The summed E-state index contributed by atoms with van der Waals surface area (Å²) in [5.74, 6) is -2.14. The smallest absolute Gasteiger partial charge is 0.433 e. The van der Waals surface area contributed by atoms with Crippen molar-refractivity contribution in [1.29, 1.82) is 0 Å². The Morgan fingerprint density at radius 2 is 0.730 bits per heavy atom. The maximum Gasteiger partial charge on any atom is 0.433 e. The Morgan fingerprint density at radius 1 is 0.378 bits per heavy atom. The largest absolute Gasteiger partial charge is 0.506 e. The quantitative estimate of drug-likeness (QED) is 0.0531. The molecule has 5 N–H and O–H groups in total. The molecular formula is C77H54Cl6F9N11O7S. The molecule has 0 fully saturated rings. The number of aryl methyl sites for hydroxylation is 4. The summed E-state index contributed by atoms with van der Waals surface area (Å²) in [5, 5.41) is 22.5. The van der Waals surface area contributed by atoms with Crippen LogP contribution in [0, 0.1) is 27.7 Å². The van der Waals surface area contributed by atoms with Crippen molar-refractivity contribution in [2.75, 3.05) is 27.5 Å². The number of halogens is 15. The number of hydrogen-bond acceptors (Lipinski definition) is 14. The number of aromatic hydroxyl groups is 1. The molecule has 4 amide bonds. The second-order valence-corrected chi connectivity index (χ2v) is 28.2. The van der Waals surface area contributed by atoms with Gasteiger partial charge < -0.3 is 26.4 Å². The van der Waals surface area contributed by atoms with Gasteiger partial charge in [-0.05, 0) is 209 Å². The molecule has 7 aromatic heterocycles. The Bertz CT molecular complexity index is 5430. The molecule has 0 bridgehead atoms. The molecule has 0 aliphatic heterocycles. The van der Waals surface area contributed by atoms with Gasteiger partial charge in [-0.15, -0.1) is 0 Å². The highest BCUT2D eigenvalue weighted by Gasteiger charge is 2.35. The van der Waals surface area contributed by atoms with Gasteiger partial charge in [0.1, 0.15) is 28.0 Å². The van der Waals surface area contributed by atoms with E-state index in [0.29, 0.717) is 98.5 Å². The first kappa shape index (κ1) is 83.9. The van der Waals surface area contributed by atoms with Gasteiger partial charge in [-0.1, -0.05) is 81.7 Å². The zero-order chi connectivity index (χ0) is 81.0. The molecule has 0 saturated carbocycles. The predicted molar refractivity (Wildman–Crippen MR) is 408 cm³/mol. The predicted octanol–water partition coefficient (Wildman–Crippen LogP) is 21.5. The van der Waals surface area contributed by atoms with Crippen molar-refractivity contribution in [2.45, 2.75) is 51.1 Å². The van der Waals surface area contributed by atoms with E-state index in [1.54, 1.807) is 115 Å². The number of rotatable bonds is 13. The molecule has 7 heterocycles. The number of anilines is 4. The summed E-state index contributed by atoms with van der Waals surface area (Å²) in [5.41, 5.74) is 4.55. The summed E-state index contributed by atoms with van der Waals surface area (Å²) in [6.45, 7) is 5.96. The van der Waals surface area contributed by atoms with E-state index >= 15 is 0 Å². The van der Waals surface area contributed by atoms with Gasteiger partial charge in [-0.2, -0.15) is 39.5 Å². The first-order valence-corrected chi connectivity index (χ1v) is 36.1. The summed E-state index contributed by atoms with van der Waals surface area (Å²) < 4.78 is 138. The number of alkyl halides is 9. The number of hydrogen-bond donors (Lipinski definition) is 5. The molecule has 0 atom stereocenters. The Kier molecular flexibility index (Phi) is 27.0. The lowest BCUT2D eigenvalue weighted by molar-refractivity contribution is -0.142. The molecule has 570 valence electrons. The number of amides is 4. The first-order valence-electron chi connectivity index (χ1n) is 31.9. The first-order chi connectivity index (χ1) is 52.2. The number of nitrogens with zero attached hydrogens (tertiary/aromatic N) is 7. The van der Waals surface area contributed by atoms with Gasteiger partial charge in [0.05, 0.1) is 92.8 Å². The topological polar surface area (TPSA) is 261 Å². The van der Waals surface area contributed by atoms with Gasteiger partial charge in [0.15, 0.2) is 9.84 Å². The van der Waals surface area contributed by atoms with Crippen molar-refractivity contribution >= 4 is 126 Å². The molecule has 0 aliphatic rings. The average Bonchev–Trinajstić information content (AvgIpc) is 0.823. The van der Waals surface area contributed by atoms with Crippen LogP contribution in [-0.2, 0) is 28.4 Å². The maximum absolute atomic E-state index is 12.7. The fourth-order valence-corrected chi connectivity index (χ4v) is 11.8. The van der Waals surface area contributed by atoms with Crippen molar-refractivity contribution in [3.05, 3.63) is 299 Å². The maximum atomic E-state index is 12.7. The van der Waals surface area contributed by atoms with Gasteiger partial charge in [0, 0.05) is 69.2 Å². The van der Waals surface area contributed by atoms with E-state index in [0.717, 1.165) is 48.2 Å². The molecule has 0 aliphatic carbocycles. The van der Waals surface area contributed by atoms with Crippen molar-refractivity contribution < 1.29 is 72.2 Å². The molecule has 18 nitrogen and oxygen atoms in total. The zero-order valence-electron chi connectivity index (χ0n) is 57.7. The van der Waals surface area contributed by atoms with Crippen LogP contribution in [0.4, 0.5) is 62.3 Å². The number of aromatic nitrogens is 7. The Labute approximate surface area is 657 Å². The van der Waals surface area contributed by atoms with Crippen molar-refractivity contribution in [1.82, 2.24) is 34.9 Å². The van der Waals surface area contributed by atoms with Crippen LogP contribution in [0.1, 0.15) is 81.2 Å². The number of carbonyl (C=O) groups excluding carboxylic acids is 4. The lowest BCUT2D eigenvalue weighted by Crippen LogP contribution is -2.16. The minimum Gasteiger partial charge on any atom is -0.506 e. The summed E-state index contributed by atoms with van der Waals surface area (Å²) in [6, 6.07) is 45.9. The van der Waals surface area contributed by atoms with E-state index in [4.69, 9.17) is 69.6 Å². The van der Waals surface area contributed by atoms with Crippen LogP contribution >= 0.6 is 69.6 Å². The van der Waals surface area contributed by atoms with Gasteiger partial charge in [0.2, 0.25) is 0 Å². The fourth-order valence-electron chi connectivity index (χ4n) is 9.99. The molecule has 12 rings (SSSR count). The molecule has 0 saturated heterocycles. The van der Waals surface area contributed by atoms with Gasteiger partial charge in [-0.3, -0.25) is 34.1 Å². The third-order valence-electron chi connectivity index (χ3n) is 15.5. The number of sulfone groups is 1. The van der Waals surface area contributed by atoms with E-state index in [1.807, 2.05) is 19.1 Å². The molecule has 5 aromatic carbocycles. The Hall–Kier alpha value is -11.1. The molecule has 0 unspecified atom stereocenters. The van der Waals surface area contributed by atoms with Crippen molar-refractivity contribution in [3.8, 4) is 50.8 Å². The van der Waals surface area contributed by atoms with Gasteiger partial charge in [0.25, 0.3) is 23.6 Å². The van der Waals surface area contributed by atoms with E-state index in [9.17, 15) is 72.2 Å². The van der Waals surface area contributed by atoms with Crippen LogP contribution in [-0.4, -0.2) is 78.3 Å². The lowest BCUT2D eigenvalue weighted by atomic mass is 10.1. The van der Waals surface area contributed by atoms with Crippen LogP contribution in [0.15, 0.2) is 212 Å². The Balaban J connectivity index is 0.000000170. The van der Waals surface area contributed by atoms with E-state index in [2.05, 4.69) is 56.2 Å². The summed E-state index contributed by atoms with van der Waals surface area (Å²) in [4.78, 5) is 77.2. The third-order valence-corrected chi connectivity index (χ3v) is 18.4. The number of carbonyl (C=O) groups is 4. The second kappa shape index (κ2) is 35.7. The Morgan fingerprint density at radius 3 is 1.05 bits per heavy atom. The number of nitrogens with one attached hydrogen (secondary N) is 4. The average molecular weight is 1660 g/mol. The van der Waals surface area contributed by atoms with E-state index in [1.165, 1.54) is 63.5 Å². The van der Waals surface area contributed by atoms with Crippen LogP contribution in [0.2, 0.25) is 30.3 Å². The van der Waals surface area contributed by atoms with Crippen LogP contribution in [0.5, 0.6) is 5.75 Å². The molecule has 111 heavy (non-hydrogen) atoms. The van der Waals surface area contributed by atoms with Gasteiger partial charge in [-0.25, -0.2) is 28.4 Å². The third kappa shape index (κ3) is 22.8. The monoisotopic (exact) mass is 1660 g/mol. The molecule has 0 radical (unpaired) electrons. The molecule has 12 aromatic rings. The number of pyridine rings is 7. The summed E-state index contributed by atoms with van der Waals surface area (Å²) in [7, 11) is -3.30. The van der Waals surface area contributed by atoms with Crippen LogP contribution < -0.4 is 21.3 Å². The standard InChI is InChI=1S/C20H17ClN2O3S.2C19H12Cl2F3N3O.C19H13ClF3N3O2/c1-13-3-10-19(22-12-13)17-11-15(6-9-18(17)21)23-20(24)14-4-7-16(8-5-14)27(2,25)26;1-10-13(4-7-17(26-10)19(22,23)24)18(28)27-12-3-5-15(21)14(8-12)16-6-2-11(20)9-25-16;1-10-12(6-8-16(25-10)19(22,23)24)18(28)26-11-5-7-14(20)13(9-11)15-3-2-4-17(21)27-15;1-10-13(4-7-17(25-10)19(21,22)23)18(28)26-11-2-5-15(20)14(8-11)16-6-3-12(27)9-24-16/h3-12H,1-2H3,(H,23,24);2-9H,1H3,(H,27,28);2-9H,1H3,(H,26,28);2-9,27H,1H3,(H,26,28). The molecule has 0 spiro atoms. The lowest BCUT2D eigenvalue weighted by Gasteiger charge is -2.12. The second-order valence-electron chi connectivity index (χ2n) is 23.7. The minimum atomic E-state index is -4.58. The van der Waals surface area contributed by atoms with Crippen LogP contribution in [0.3, 0.4) is 0 Å². The summed E-state index contributed by atoms with van der Waals surface area (Å²) >= 11 is 36.6. The fraction of sp³-hybridized carbons (Fsp3) is 0.104. The highest BCUT2D eigenvalue weighted by atomic mass is 35.5. The SMILES string of the molecule is Cc1ccc(-c2cc(NC(=O)c3ccc(S(C)(=O)=O)cc3)ccc2Cl)nc1.Cc1nc(C(F)(F)F)ccc1C(=O)Nc1ccc(Cl)c(-c2ccc(Cl)cn2)c1.Cc1nc(C(F)(F)F)ccc1C(=O)Nc1ccc(Cl)c(-c2ccc(O)cn2)c1.Cc1nc(C(F)(F)F)ccc1C(=O)Nc1ccc(Cl)c(-c2cccc(Cl)n2)c1. The summed E-state index contributed by atoms with van der Waals surface area (Å²) in [6.07, 6.45) is -8.13. The molecular weight excluding hydrogens is 1610 g/mol. The molecule has 34 heteroatoms. The van der Waals surface area contributed by atoms with Crippen molar-refractivity contribution in [2.24, 2.45) is 0 Å². The zero-order valence-corrected chi connectivity index (χ0v) is 63.1. The number of benzene rings is 5.